The molecule has 1 heterocycles. The highest BCUT2D eigenvalue weighted by atomic mass is 127. The Bertz CT molecular complexity index is 889. The van der Waals surface area contributed by atoms with Crippen LogP contribution in [0.5, 0.6) is 0 Å². The lowest BCUT2D eigenvalue weighted by Crippen LogP contribution is -2.27. The number of aryl methyl sites for hydroxylation is 1. The van der Waals surface area contributed by atoms with E-state index in [0.717, 1.165) is 22.0 Å². The highest BCUT2D eigenvalue weighted by Gasteiger charge is 2.27. The van der Waals surface area contributed by atoms with E-state index in [1.807, 2.05) is 25.1 Å². The van der Waals surface area contributed by atoms with E-state index in [0.29, 0.717) is 24.3 Å². The van der Waals surface area contributed by atoms with Crippen LogP contribution in [0.2, 0.25) is 0 Å². The molecule has 1 saturated heterocycles. The zero-order chi connectivity index (χ0) is 18.0. The molecule has 25 heavy (non-hydrogen) atoms. The van der Waals surface area contributed by atoms with Crippen molar-refractivity contribution < 1.29 is 13.2 Å². The number of hydrogen-bond acceptors (Lipinski definition) is 3. The Morgan fingerprint density at radius 3 is 2.32 bits per heavy atom. The van der Waals surface area contributed by atoms with Crippen LogP contribution in [0.3, 0.4) is 0 Å². The van der Waals surface area contributed by atoms with E-state index in [4.69, 9.17) is 0 Å². The molecule has 0 aliphatic carbocycles. The fourth-order valence-corrected chi connectivity index (χ4v) is 4.76. The minimum atomic E-state index is -3.45. The lowest BCUT2D eigenvalue weighted by molar-refractivity contribution is 0.102. The third-order valence-corrected chi connectivity index (χ3v) is 7.32. The van der Waals surface area contributed by atoms with Crippen molar-refractivity contribution in [3.8, 4) is 0 Å². The van der Waals surface area contributed by atoms with Gasteiger partial charge in [0.15, 0.2) is 0 Å². The third-order valence-electron chi connectivity index (χ3n) is 4.25. The lowest BCUT2D eigenvalue weighted by Gasteiger charge is -2.15. The molecule has 0 aromatic heterocycles. The molecule has 3 rings (SSSR count). The topological polar surface area (TPSA) is 66.5 Å². The van der Waals surface area contributed by atoms with E-state index in [1.165, 1.54) is 16.4 Å². The molecule has 132 valence electrons. The molecule has 0 unspecified atom stereocenters. The first kappa shape index (κ1) is 18.3. The first-order valence-electron chi connectivity index (χ1n) is 8.05. The molecule has 1 aliphatic heterocycles. The van der Waals surface area contributed by atoms with Crippen molar-refractivity contribution in [2.24, 2.45) is 0 Å². The van der Waals surface area contributed by atoms with Crippen molar-refractivity contribution in [2.45, 2.75) is 24.7 Å². The standard InChI is InChI=1S/C18H19IN2O3S/c1-13-4-7-15(12-17(13)19)20-18(22)14-5-8-16(9-6-14)25(23,24)21-10-2-3-11-21/h4-9,12H,2-3,10-11H2,1H3,(H,20,22). The van der Waals surface area contributed by atoms with Gasteiger partial charge in [-0.25, -0.2) is 8.42 Å². The van der Waals surface area contributed by atoms with Crippen molar-refractivity contribution in [1.29, 1.82) is 0 Å². The number of sulfonamides is 1. The van der Waals surface area contributed by atoms with Crippen molar-refractivity contribution in [2.75, 3.05) is 18.4 Å². The number of amides is 1. The number of halogens is 1. The predicted molar refractivity (Wildman–Crippen MR) is 106 cm³/mol. The molecule has 1 aliphatic rings. The van der Waals surface area contributed by atoms with Gasteiger partial charge in [0.2, 0.25) is 10.0 Å². The number of nitrogens with zero attached hydrogens (tertiary/aromatic N) is 1. The Morgan fingerprint density at radius 1 is 1.08 bits per heavy atom. The summed E-state index contributed by atoms with van der Waals surface area (Å²) in [6.45, 7) is 3.14. The number of hydrogen-bond donors (Lipinski definition) is 1. The second-order valence-corrected chi connectivity index (χ2v) is 9.15. The average molecular weight is 470 g/mol. The van der Waals surface area contributed by atoms with E-state index in [2.05, 4.69) is 27.9 Å². The van der Waals surface area contributed by atoms with Crippen molar-refractivity contribution in [3.05, 3.63) is 57.2 Å². The third kappa shape index (κ3) is 4.04. The van der Waals surface area contributed by atoms with Crippen LogP contribution in [0.1, 0.15) is 28.8 Å². The molecule has 0 radical (unpaired) electrons. The molecule has 2 aromatic rings. The monoisotopic (exact) mass is 470 g/mol. The van der Waals surface area contributed by atoms with E-state index in [1.54, 1.807) is 12.1 Å². The van der Waals surface area contributed by atoms with Crippen LogP contribution >= 0.6 is 22.6 Å². The smallest absolute Gasteiger partial charge is 0.255 e. The van der Waals surface area contributed by atoms with E-state index >= 15 is 0 Å². The molecule has 1 amide bonds. The number of benzene rings is 2. The number of anilines is 1. The number of carbonyl (C=O) groups is 1. The first-order chi connectivity index (χ1) is 11.9. The molecule has 5 nitrogen and oxygen atoms in total. The molecule has 0 spiro atoms. The number of nitrogens with one attached hydrogen (secondary N) is 1. The van der Waals surface area contributed by atoms with Crippen LogP contribution in [0, 0.1) is 10.5 Å². The lowest BCUT2D eigenvalue weighted by atomic mass is 10.2. The van der Waals surface area contributed by atoms with Gasteiger partial charge >= 0.3 is 0 Å². The highest BCUT2D eigenvalue weighted by Crippen LogP contribution is 2.22. The first-order valence-corrected chi connectivity index (χ1v) is 10.6. The van der Waals surface area contributed by atoms with Gasteiger partial charge in [-0.05, 0) is 84.3 Å². The average Bonchev–Trinajstić information content (AvgIpc) is 3.14. The summed E-state index contributed by atoms with van der Waals surface area (Å²) in [6, 6.07) is 11.8. The van der Waals surface area contributed by atoms with Gasteiger partial charge in [0, 0.05) is 27.9 Å². The van der Waals surface area contributed by atoms with Crippen LogP contribution in [0.15, 0.2) is 47.4 Å². The van der Waals surface area contributed by atoms with Crippen LogP contribution in [-0.4, -0.2) is 31.7 Å². The number of rotatable bonds is 4. The molecule has 1 fully saturated rings. The summed E-state index contributed by atoms with van der Waals surface area (Å²) in [7, 11) is -3.45. The Labute approximate surface area is 161 Å². The Balaban J connectivity index is 1.75. The van der Waals surface area contributed by atoms with Gasteiger partial charge in [-0.15, -0.1) is 0 Å². The predicted octanol–water partition coefficient (Wildman–Crippen LogP) is 3.64. The molecule has 0 bridgehead atoms. The van der Waals surface area contributed by atoms with Gasteiger partial charge in [-0.3, -0.25) is 4.79 Å². The largest absolute Gasteiger partial charge is 0.322 e. The zero-order valence-electron chi connectivity index (χ0n) is 13.8. The summed E-state index contributed by atoms with van der Waals surface area (Å²) in [5.74, 6) is -0.259. The molecular weight excluding hydrogens is 451 g/mol. The molecule has 1 N–H and O–H groups in total. The molecule has 7 heteroatoms. The highest BCUT2D eigenvalue weighted by molar-refractivity contribution is 14.1. The Hall–Kier alpha value is -1.45. The minimum absolute atomic E-state index is 0.232. The summed E-state index contributed by atoms with van der Waals surface area (Å²) < 4.78 is 27.6. The maximum absolute atomic E-state index is 12.5. The van der Waals surface area contributed by atoms with Gasteiger partial charge in [0.1, 0.15) is 0 Å². The van der Waals surface area contributed by atoms with Crippen molar-refractivity contribution in [1.82, 2.24) is 4.31 Å². The summed E-state index contributed by atoms with van der Waals surface area (Å²) in [4.78, 5) is 12.6. The summed E-state index contributed by atoms with van der Waals surface area (Å²) in [5.41, 5.74) is 2.29. The Kier molecular flexibility index (Phi) is 5.45. The number of carbonyl (C=O) groups excluding carboxylic acids is 1. The van der Waals surface area contributed by atoms with Crippen LogP contribution in [-0.2, 0) is 10.0 Å². The Morgan fingerprint density at radius 2 is 1.72 bits per heavy atom. The fourth-order valence-electron chi connectivity index (χ4n) is 2.73. The molecule has 2 aromatic carbocycles. The molecule has 0 saturated carbocycles. The minimum Gasteiger partial charge on any atom is -0.322 e. The normalized spacial score (nSPS) is 15.3. The van der Waals surface area contributed by atoms with Crippen molar-refractivity contribution in [3.63, 3.8) is 0 Å². The van der Waals surface area contributed by atoms with Gasteiger partial charge < -0.3 is 5.32 Å². The maximum Gasteiger partial charge on any atom is 0.255 e. The maximum atomic E-state index is 12.5. The van der Waals surface area contributed by atoms with Gasteiger partial charge in [0.25, 0.3) is 5.91 Å². The van der Waals surface area contributed by atoms with Crippen molar-refractivity contribution >= 4 is 44.2 Å². The van der Waals surface area contributed by atoms with E-state index in [9.17, 15) is 13.2 Å². The summed E-state index contributed by atoms with van der Waals surface area (Å²) >= 11 is 2.22. The van der Waals surface area contributed by atoms with Gasteiger partial charge in [-0.1, -0.05) is 6.07 Å². The van der Waals surface area contributed by atoms with Crippen LogP contribution < -0.4 is 5.32 Å². The van der Waals surface area contributed by atoms with E-state index in [-0.39, 0.29) is 10.8 Å². The second-order valence-electron chi connectivity index (χ2n) is 6.05. The summed E-state index contributed by atoms with van der Waals surface area (Å²) in [5, 5.41) is 2.84. The summed E-state index contributed by atoms with van der Waals surface area (Å²) in [6.07, 6.45) is 1.80. The quantitative estimate of drug-likeness (QED) is 0.695. The van der Waals surface area contributed by atoms with Gasteiger partial charge in [-0.2, -0.15) is 4.31 Å². The molecular formula is C18H19IN2O3S. The van der Waals surface area contributed by atoms with Gasteiger partial charge in [0.05, 0.1) is 4.90 Å². The van der Waals surface area contributed by atoms with Crippen LogP contribution in [0.4, 0.5) is 5.69 Å². The zero-order valence-corrected chi connectivity index (χ0v) is 16.8. The second kappa shape index (κ2) is 7.43. The van der Waals surface area contributed by atoms with E-state index < -0.39 is 10.0 Å². The van der Waals surface area contributed by atoms with Crippen LogP contribution in [0.25, 0.3) is 0 Å². The fraction of sp³-hybridized carbons (Fsp3) is 0.278. The molecule has 0 atom stereocenters. The SMILES string of the molecule is Cc1ccc(NC(=O)c2ccc(S(=O)(=O)N3CCCC3)cc2)cc1I.